The number of unbranched alkanes of at least 4 members (excludes halogenated alkanes) is 9. The molecule has 0 aromatic rings. The van der Waals surface area contributed by atoms with E-state index in [0.29, 0.717) is 6.61 Å². The van der Waals surface area contributed by atoms with Crippen molar-refractivity contribution in [1.29, 1.82) is 0 Å². The van der Waals surface area contributed by atoms with E-state index >= 15 is 0 Å². The third-order valence-electron chi connectivity index (χ3n) is 3.19. The van der Waals surface area contributed by atoms with E-state index in [1.165, 1.54) is 57.4 Å². The molecule has 0 aliphatic heterocycles. The lowest BCUT2D eigenvalue weighted by atomic mass is 10.1. The van der Waals surface area contributed by atoms with E-state index in [1.54, 1.807) is 6.92 Å². The number of phosphoric ester groups is 1. The van der Waals surface area contributed by atoms with Crippen molar-refractivity contribution in [2.75, 3.05) is 6.61 Å². The van der Waals surface area contributed by atoms with Crippen LogP contribution in [-0.2, 0) is 13.8 Å². The highest BCUT2D eigenvalue weighted by atomic mass is 31.2. The summed E-state index contributed by atoms with van der Waals surface area (Å²) in [6.07, 6.45) is 13.8. The van der Waals surface area contributed by atoms with Crippen LogP contribution in [0.4, 0.5) is 0 Å². The van der Waals surface area contributed by atoms with Gasteiger partial charge in [-0.1, -0.05) is 64.7 Å². The molecule has 0 saturated carbocycles. The Morgan fingerprint density at radius 1 is 0.952 bits per heavy atom. The SMILES string of the molecule is CC=C(OCCCCCCCCCCCC)OP(=O)(O)O. The lowest BCUT2D eigenvalue weighted by Crippen LogP contribution is -1.98. The van der Waals surface area contributed by atoms with Crippen molar-refractivity contribution < 1.29 is 23.6 Å². The molecular weight excluding hydrogens is 291 g/mol. The van der Waals surface area contributed by atoms with Gasteiger partial charge in [0.1, 0.15) is 0 Å². The van der Waals surface area contributed by atoms with E-state index in [4.69, 9.17) is 14.5 Å². The molecule has 0 radical (unpaired) electrons. The van der Waals surface area contributed by atoms with Crippen molar-refractivity contribution in [3.05, 3.63) is 12.0 Å². The van der Waals surface area contributed by atoms with Crippen molar-refractivity contribution in [3.8, 4) is 0 Å². The zero-order valence-corrected chi connectivity index (χ0v) is 14.3. The third-order valence-corrected chi connectivity index (χ3v) is 3.60. The molecule has 0 amide bonds. The molecule has 0 aromatic heterocycles. The lowest BCUT2D eigenvalue weighted by molar-refractivity contribution is 0.0808. The van der Waals surface area contributed by atoms with E-state index in [2.05, 4.69) is 11.4 Å². The molecule has 0 saturated heterocycles. The predicted octanol–water partition coefficient (Wildman–Crippen LogP) is 4.89. The number of rotatable bonds is 14. The third kappa shape index (κ3) is 15.7. The molecule has 0 bridgehead atoms. The van der Waals surface area contributed by atoms with Crippen LogP contribution in [0, 0.1) is 0 Å². The Morgan fingerprint density at radius 2 is 1.43 bits per heavy atom. The van der Waals surface area contributed by atoms with Crippen LogP contribution >= 0.6 is 7.82 Å². The first kappa shape index (κ1) is 20.5. The topological polar surface area (TPSA) is 76.0 Å². The second kappa shape index (κ2) is 13.2. The first-order valence-electron chi connectivity index (χ1n) is 8.04. The molecule has 6 heteroatoms. The summed E-state index contributed by atoms with van der Waals surface area (Å²) in [4.78, 5) is 17.3. The van der Waals surface area contributed by atoms with Crippen LogP contribution in [0.25, 0.3) is 0 Å². The number of phosphoric acid groups is 1. The summed E-state index contributed by atoms with van der Waals surface area (Å²) in [5.74, 6) is -0.0979. The zero-order chi connectivity index (χ0) is 16.0. The van der Waals surface area contributed by atoms with Gasteiger partial charge in [-0.3, -0.25) is 9.79 Å². The van der Waals surface area contributed by atoms with Crippen LogP contribution in [0.2, 0.25) is 0 Å². The second-order valence-corrected chi connectivity index (χ2v) is 6.38. The summed E-state index contributed by atoms with van der Waals surface area (Å²) < 4.78 is 20.2. The van der Waals surface area contributed by atoms with Crippen LogP contribution in [0.1, 0.15) is 78.1 Å². The Hall–Kier alpha value is -0.510. The minimum absolute atomic E-state index is 0.0979. The zero-order valence-electron chi connectivity index (χ0n) is 13.4. The number of ether oxygens (including phenoxy) is 1. The quantitative estimate of drug-likeness (QED) is 0.270. The largest absolute Gasteiger partial charge is 0.527 e. The Balaban J connectivity index is 3.37. The van der Waals surface area contributed by atoms with Crippen LogP contribution in [-0.4, -0.2) is 16.4 Å². The maximum Gasteiger partial charge on any atom is 0.527 e. The highest BCUT2D eigenvalue weighted by Crippen LogP contribution is 2.39. The van der Waals surface area contributed by atoms with Gasteiger partial charge in [-0.05, 0) is 19.4 Å². The molecule has 0 fully saturated rings. The van der Waals surface area contributed by atoms with Gasteiger partial charge in [0.05, 0.1) is 6.61 Å². The fourth-order valence-corrected chi connectivity index (χ4v) is 2.43. The summed E-state index contributed by atoms with van der Waals surface area (Å²) in [6.45, 7) is 4.27. The number of hydrogen-bond acceptors (Lipinski definition) is 3. The molecule has 0 atom stereocenters. The normalized spacial score (nSPS) is 12.5. The van der Waals surface area contributed by atoms with E-state index in [1.807, 2.05) is 0 Å². The van der Waals surface area contributed by atoms with E-state index in [-0.39, 0.29) is 5.95 Å². The number of hydrogen-bond donors (Lipinski definition) is 2. The second-order valence-electron chi connectivity index (χ2n) is 5.22. The van der Waals surface area contributed by atoms with Gasteiger partial charge in [-0.15, -0.1) is 0 Å². The van der Waals surface area contributed by atoms with Crippen molar-refractivity contribution in [1.82, 2.24) is 0 Å². The van der Waals surface area contributed by atoms with Crippen molar-refractivity contribution in [3.63, 3.8) is 0 Å². The molecule has 0 unspecified atom stereocenters. The molecule has 0 aromatic carbocycles. The Morgan fingerprint density at radius 3 is 1.86 bits per heavy atom. The van der Waals surface area contributed by atoms with E-state index < -0.39 is 7.82 Å². The van der Waals surface area contributed by atoms with Gasteiger partial charge in [-0.25, -0.2) is 4.57 Å². The van der Waals surface area contributed by atoms with Crippen molar-refractivity contribution in [2.24, 2.45) is 0 Å². The highest BCUT2D eigenvalue weighted by molar-refractivity contribution is 7.46. The summed E-state index contributed by atoms with van der Waals surface area (Å²) in [7, 11) is -4.51. The minimum Gasteiger partial charge on any atom is -0.465 e. The van der Waals surface area contributed by atoms with Crippen molar-refractivity contribution >= 4 is 7.82 Å². The molecule has 0 heterocycles. The van der Waals surface area contributed by atoms with Crippen LogP contribution in [0.15, 0.2) is 12.0 Å². The van der Waals surface area contributed by atoms with Crippen LogP contribution in [0.5, 0.6) is 0 Å². The smallest absolute Gasteiger partial charge is 0.465 e. The molecular formula is C15H31O5P. The summed E-state index contributed by atoms with van der Waals surface area (Å²) in [5.41, 5.74) is 0. The average Bonchev–Trinajstić information content (AvgIpc) is 2.42. The lowest BCUT2D eigenvalue weighted by Gasteiger charge is -2.11. The molecule has 2 N–H and O–H groups in total. The van der Waals surface area contributed by atoms with Gasteiger partial charge >= 0.3 is 7.82 Å². The summed E-state index contributed by atoms with van der Waals surface area (Å²) in [6, 6.07) is 0. The van der Waals surface area contributed by atoms with Gasteiger partial charge in [0.25, 0.3) is 5.95 Å². The fourth-order valence-electron chi connectivity index (χ4n) is 2.04. The standard InChI is InChI=1S/C15H31O5P/c1-3-5-6-7-8-9-10-11-12-13-14-19-15(4-2)20-21(16,17)18/h4H,3,5-14H2,1-2H3,(H2,16,17,18). The van der Waals surface area contributed by atoms with Gasteiger partial charge in [0.2, 0.25) is 0 Å². The Bertz CT molecular complexity index is 311. The fraction of sp³-hybridized carbons (Fsp3) is 0.867. The molecule has 0 aliphatic carbocycles. The van der Waals surface area contributed by atoms with Gasteiger partial charge in [-0.2, -0.15) is 0 Å². The van der Waals surface area contributed by atoms with Crippen LogP contribution in [0.3, 0.4) is 0 Å². The maximum absolute atomic E-state index is 10.7. The Labute approximate surface area is 129 Å². The molecule has 0 rings (SSSR count). The summed E-state index contributed by atoms with van der Waals surface area (Å²) >= 11 is 0. The van der Waals surface area contributed by atoms with E-state index in [9.17, 15) is 4.57 Å². The number of allylic oxidation sites excluding steroid dienone is 1. The monoisotopic (exact) mass is 322 g/mol. The van der Waals surface area contributed by atoms with Gasteiger partial charge in [0.15, 0.2) is 0 Å². The summed E-state index contributed by atoms with van der Waals surface area (Å²) in [5, 5.41) is 0. The first-order chi connectivity index (χ1) is 9.99. The molecule has 126 valence electrons. The predicted molar refractivity (Wildman–Crippen MR) is 84.7 cm³/mol. The molecule has 0 aliphatic rings. The Kier molecular flexibility index (Phi) is 12.9. The molecule has 5 nitrogen and oxygen atoms in total. The van der Waals surface area contributed by atoms with Gasteiger partial charge < -0.3 is 9.26 Å². The van der Waals surface area contributed by atoms with Crippen molar-refractivity contribution in [2.45, 2.75) is 78.1 Å². The average molecular weight is 322 g/mol. The van der Waals surface area contributed by atoms with Gasteiger partial charge in [0, 0.05) is 0 Å². The van der Waals surface area contributed by atoms with Crippen LogP contribution < -0.4 is 0 Å². The first-order valence-corrected chi connectivity index (χ1v) is 9.57. The highest BCUT2D eigenvalue weighted by Gasteiger charge is 2.17. The van der Waals surface area contributed by atoms with E-state index in [0.717, 1.165) is 12.8 Å². The minimum atomic E-state index is -4.51. The molecule has 21 heavy (non-hydrogen) atoms. The molecule has 0 spiro atoms. The maximum atomic E-state index is 10.7.